The van der Waals surface area contributed by atoms with Crippen LogP contribution >= 0.6 is 11.6 Å². The maximum absolute atomic E-state index is 11.3. The van der Waals surface area contributed by atoms with Gasteiger partial charge >= 0.3 is 5.97 Å². The fraction of sp³-hybridized carbons (Fsp3) is 0. The van der Waals surface area contributed by atoms with Gasteiger partial charge in [0, 0.05) is 17.8 Å². The minimum absolute atomic E-state index is 0.0996. The van der Waals surface area contributed by atoms with Crippen LogP contribution < -0.4 is 11.1 Å². The predicted molar refractivity (Wildman–Crippen MR) is 65.4 cm³/mol. The van der Waals surface area contributed by atoms with E-state index in [1.54, 1.807) is 0 Å². The standard InChI is InChI=1S/C11H9ClN2O4/c12-8-5-6(1-2-7(8)11(13)18)14-9(15)3-4-10(16)17/h1-5H,(H2,13,18)(H,14,15)(H,16,17)/b4-3+. The lowest BCUT2D eigenvalue weighted by atomic mass is 10.2. The van der Waals surface area contributed by atoms with Crippen LogP contribution in [0.5, 0.6) is 0 Å². The van der Waals surface area contributed by atoms with Gasteiger partial charge in [0.15, 0.2) is 0 Å². The summed E-state index contributed by atoms with van der Waals surface area (Å²) in [5.74, 6) is -2.53. The molecule has 94 valence electrons. The summed E-state index contributed by atoms with van der Waals surface area (Å²) in [6, 6.07) is 4.13. The smallest absolute Gasteiger partial charge is 0.328 e. The molecule has 1 aromatic carbocycles. The molecule has 0 aliphatic heterocycles. The van der Waals surface area contributed by atoms with Crippen molar-refractivity contribution in [2.24, 2.45) is 5.73 Å². The molecule has 0 aliphatic carbocycles. The highest BCUT2D eigenvalue weighted by atomic mass is 35.5. The van der Waals surface area contributed by atoms with Gasteiger partial charge in [-0.25, -0.2) is 4.79 Å². The first-order valence-corrected chi connectivity index (χ1v) is 5.09. The van der Waals surface area contributed by atoms with Gasteiger partial charge in [0.2, 0.25) is 11.8 Å². The van der Waals surface area contributed by atoms with Crippen molar-refractivity contribution < 1.29 is 19.5 Å². The van der Waals surface area contributed by atoms with Gasteiger partial charge in [-0.05, 0) is 18.2 Å². The molecule has 0 heterocycles. The largest absolute Gasteiger partial charge is 0.478 e. The van der Waals surface area contributed by atoms with Crippen molar-refractivity contribution in [3.8, 4) is 0 Å². The lowest BCUT2D eigenvalue weighted by Crippen LogP contribution is -2.13. The fourth-order valence-corrected chi connectivity index (χ4v) is 1.40. The first-order chi connectivity index (χ1) is 8.40. The molecule has 1 rings (SSSR count). The maximum atomic E-state index is 11.3. The molecule has 1 aromatic rings. The quantitative estimate of drug-likeness (QED) is 0.708. The number of carboxylic acid groups (broad SMARTS) is 1. The Morgan fingerprint density at radius 1 is 1.28 bits per heavy atom. The highest BCUT2D eigenvalue weighted by molar-refractivity contribution is 6.34. The summed E-state index contributed by atoms with van der Waals surface area (Å²) >= 11 is 5.77. The van der Waals surface area contributed by atoms with Gasteiger partial charge < -0.3 is 16.2 Å². The Morgan fingerprint density at radius 2 is 1.94 bits per heavy atom. The van der Waals surface area contributed by atoms with E-state index in [2.05, 4.69) is 5.32 Å². The van der Waals surface area contributed by atoms with Gasteiger partial charge in [-0.2, -0.15) is 0 Å². The average Bonchev–Trinajstić information content (AvgIpc) is 2.26. The van der Waals surface area contributed by atoms with Crippen LogP contribution in [-0.4, -0.2) is 22.9 Å². The Morgan fingerprint density at radius 3 is 2.44 bits per heavy atom. The van der Waals surface area contributed by atoms with Crippen molar-refractivity contribution >= 4 is 35.1 Å². The van der Waals surface area contributed by atoms with E-state index in [0.717, 1.165) is 6.08 Å². The molecule has 0 unspecified atom stereocenters. The third-order valence-corrected chi connectivity index (χ3v) is 2.19. The molecule has 0 aliphatic rings. The van der Waals surface area contributed by atoms with Gasteiger partial charge in [-0.3, -0.25) is 9.59 Å². The Labute approximate surface area is 107 Å². The van der Waals surface area contributed by atoms with E-state index >= 15 is 0 Å². The summed E-state index contributed by atoms with van der Waals surface area (Å²) in [7, 11) is 0. The first-order valence-electron chi connectivity index (χ1n) is 4.71. The van der Waals surface area contributed by atoms with Crippen molar-refractivity contribution in [1.29, 1.82) is 0 Å². The Hall–Kier alpha value is -2.34. The van der Waals surface area contributed by atoms with Crippen LogP contribution in [0.1, 0.15) is 10.4 Å². The Kier molecular flexibility index (Phi) is 4.45. The van der Waals surface area contributed by atoms with Gasteiger partial charge in [0.05, 0.1) is 10.6 Å². The number of primary amides is 1. The number of nitrogens with two attached hydrogens (primary N) is 1. The molecule has 0 fully saturated rings. The summed E-state index contributed by atoms with van der Waals surface area (Å²) < 4.78 is 0. The van der Waals surface area contributed by atoms with Crippen LogP contribution in [-0.2, 0) is 9.59 Å². The number of hydrogen-bond acceptors (Lipinski definition) is 3. The Balaban J connectivity index is 2.81. The third kappa shape index (κ3) is 3.91. The number of nitrogens with one attached hydrogen (secondary N) is 1. The van der Waals surface area contributed by atoms with Gasteiger partial charge in [-0.1, -0.05) is 11.6 Å². The zero-order valence-corrected chi connectivity index (χ0v) is 9.77. The highest BCUT2D eigenvalue weighted by Gasteiger charge is 2.07. The lowest BCUT2D eigenvalue weighted by Gasteiger charge is -2.04. The number of aliphatic carboxylic acids is 1. The molecule has 7 heteroatoms. The molecule has 0 bridgehead atoms. The summed E-state index contributed by atoms with van der Waals surface area (Å²) in [5.41, 5.74) is 5.52. The number of benzene rings is 1. The highest BCUT2D eigenvalue weighted by Crippen LogP contribution is 2.20. The van der Waals surface area contributed by atoms with E-state index in [0.29, 0.717) is 11.8 Å². The fourth-order valence-electron chi connectivity index (χ4n) is 1.12. The minimum atomic E-state index is -1.23. The number of halogens is 1. The molecule has 0 saturated heterocycles. The number of amides is 2. The van der Waals surface area contributed by atoms with Gasteiger partial charge in [0.1, 0.15) is 0 Å². The van der Waals surface area contributed by atoms with Gasteiger partial charge in [-0.15, -0.1) is 0 Å². The molecule has 0 atom stereocenters. The summed E-state index contributed by atoms with van der Waals surface area (Å²) in [5, 5.41) is 10.8. The van der Waals surface area contributed by atoms with E-state index in [-0.39, 0.29) is 10.6 Å². The monoisotopic (exact) mass is 268 g/mol. The number of carbonyl (C=O) groups is 3. The number of carbonyl (C=O) groups excluding carboxylic acids is 2. The van der Waals surface area contributed by atoms with Crippen molar-refractivity contribution in [2.75, 3.05) is 5.32 Å². The molecule has 2 amide bonds. The van der Waals surface area contributed by atoms with Crippen molar-refractivity contribution in [3.63, 3.8) is 0 Å². The number of hydrogen-bond donors (Lipinski definition) is 3. The molecule has 18 heavy (non-hydrogen) atoms. The molecular weight excluding hydrogens is 260 g/mol. The molecular formula is C11H9ClN2O4. The molecule has 0 saturated carbocycles. The normalized spacial score (nSPS) is 10.3. The van der Waals surface area contributed by atoms with Crippen LogP contribution in [0, 0.1) is 0 Å². The minimum Gasteiger partial charge on any atom is -0.478 e. The second-order valence-electron chi connectivity index (χ2n) is 3.22. The zero-order valence-electron chi connectivity index (χ0n) is 9.01. The second-order valence-corrected chi connectivity index (χ2v) is 3.63. The average molecular weight is 269 g/mol. The van der Waals surface area contributed by atoms with E-state index in [1.165, 1.54) is 18.2 Å². The van der Waals surface area contributed by atoms with Crippen molar-refractivity contribution in [3.05, 3.63) is 40.9 Å². The molecule has 6 nitrogen and oxygen atoms in total. The van der Waals surface area contributed by atoms with E-state index in [9.17, 15) is 14.4 Å². The Bertz CT molecular complexity index is 540. The van der Waals surface area contributed by atoms with Crippen molar-refractivity contribution in [2.45, 2.75) is 0 Å². The van der Waals surface area contributed by atoms with Gasteiger partial charge in [0.25, 0.3) is 0 Å². The number of anilines is 1. The summed E-state index contributed by atoms with van der Waals surface area (Å²) in [6.45, 7) is 0. The second kappa shape index (κ2) is 5.83. The van der Waals surface area contributed by atoms with E-state index in [1.807, 2.05) is 0 Å². The molecule has 0 aromatic heterocycles. The summed E-state index contributed by atoms with van der Waals surface area (Å²) in [4.78, 5) is 32.3. The van der Waals surface area contributed by atoms with Crippen LogP contribution in [0.2, 0.25) is 5.02 Å². The maximum Gasteiger partial charge on any atom is 0.328 e. The van der Waals surface area contributed by atoms with Crippen LogP contribution in [0.25, 0.3) is 0 Å². The summed E-state index contributed by atoms with van der Waals surface area (Å²) in [6.07, 6.45) is 1.56. The zero-order chi connectivity index (χ0) is 13.7. The molecule has 0 spiro atoms. The predicted octanol–water partition coefficient (Wildman–Crippen LogP) is 1.02. The van der Waals surface area contributed by atoms with Crippen LogP contribution in [0.15, 0.2) is 30.4 Å². The SMILES string of the molecule is NC(=O)c1ccc(NC(=O)/C=C/C(=O)O)cc1Cl. The van der Waals surface area contributed by atoms with Crippen LogP contribution in [0.4, 0.5) is 5.69 Å². The van der Waals surface area contributed by atoms with E-state index < -0.39 is 17.8 Å². The first kappa shape index (κ1) is 13.7. The lowest BCUT2D eigenvalue weighted by molar-refractivity contribution is -0.131. The van der Waals surface area contributed by atoms with E-state index in [4.69, 9.17) is 22.4 Å². The number of carboxylic acids is 1. The number of rotatable bonds is 4. The topological polar surface area (TPSA) is 109 Å². The molecule has 4 N–H and O–H groups in total. The van der Waals surface area contributed by atoms with Crippen LogP contribution in [0.3, 0.4) is 0 Å². The molecule has 0 radical (unpaired) electrons. The third-order valence-electron chi connectivity index (χ3n) is 1.88. The van der Waals surface area contributed by atoms with Crippen molar-refractivity contribution in [1.82, 2.24) is 0 Å².